The van der Waals surface area contributed by atoms with Crippen molar-refractivity contribution in [2.75, 3.05) is 13.6 Å². The fourth-order valence-electron chi connectivity index (χ4n) is 1.14. The molecule has 1 aromatic rings. The van der Waals surface area contributed by atoms with Crippen molar-refractivity contribution in [3.8, 4) is 6.07 Å². The first-order valence-corrected chi connectivity index (χ1v) is 5.26. The van der Waals surface area contributed by atoms with Crippen LogP contribution in [0.1, 0.15) is 17.3 Å². The first-order valence-electron chi connectivity index (χ1n) is 4.32. The highest BCUT2D eigenvalue weighted by molar-refractivity contribution is 7.08. The lowest BCUT2D eigenvalue weighted by Crippen LogP contribution is -2.30. The second-order valence-electron chi connectivity index (χ2n) is 3.23. The standard InChI is InChI=1S/C10H12N2OS/c1-8(5-11)6-12(2)10(13)9-3-4-14-7-9/h3-4,7-8H,6H2,1-2H3. The first kappa shape index (κ1) is 10.7. The molecule has 74 valence electrons. The molecule has 1 aromatic heterocycles. The molecule has 1 atom stereocenters. The summed E-state index contributed by atoms with van der Waals surface area (Å²) < 4.78 is 0. The van der Waals surface area contributed by atoms with Gasteiger partial charge in [-0.15, -0.1) is 0 Å². The molecule has 1 unspecified atom stereocenters. The molecule has 0 saturated carbocycles. The van der Waals surface area contributed by atoms with Gasteiger partial charge >= 0.3 is 0 Å². The molecule has 1 rings (SSSR count). The highest BCUT2D eigenvalue weighted by Gasteiger charge is 2.13. The first-order chi connectivity index (χ1) is 6.65. The maximum Gasteiger partial charge on any atom is 0.254 e. The largest absolute Gasteiger partial charge is 0.340 e. The molecular formula is C10H12N2OS. The molecule has 0 radical (unpaired) electrons. The minimum Gasteiger partial charge on any atom is -0.340 e. The van der Waals surface area contributed by atoms with Crippen LogP contribution in [-0.2, 0) is 0 Å². The van der Waals surface area contributed by atoms with Crippen LogP contribution >= 0.6 is 11.3 Å². The number of thiophene rings is 1. The van der Waals surface area contributed by atoms with Crippen LogP contribution in [0, 0.1) is 17.2 Å². The van der Waals surface area contributed by atoms with Crippen LogP contribution in [0.4, 0.5) is 0 Å². The lowest BCUT2D eigenvalue weighted by molar-refractivity contribution is 0.0785. The molecule has 0 N–H and O–H groups in total. The summed E-state index contributed by atoms with van der Waals surface area (Å²) in [5, 5.41) is 12.3. The van der Waals surface area contributed by atoms with Crippen LogP contribution in [0.2, 0.25) is 0 Å². The predicted molar refractivity (Wildman–Crippen MR) is 56.1 cm³/mol. The summed E-state index contributed by atoms with van der Waals surface area (Å²) in [5.41, 5.74) is 0.697. The molecule has 0 bridgehead atoms. The average molecular weight is 208 g/mol. The lowest BCUT2D eigenvalue weighted by Gasteiger charge is -2.17. The van der Waals surface area contributed by atoms with E-state index in [0.29, 0.717) is 12.1 Å². The Morgan fingerprint density at radius 1 is 1.79 bits per heavy atom. The van der Waals surface area contributed by atoms with E-state index < -0.39 is 0 Å². The van der Waals surface area contributed by atoms with E-state index in [1.165, 1.54) is 11.3 Å². The van der Waals surface area contributed by atoms with Crippen molar-refractivity contribution >= 4 is 17.2 Å². The number of amides is 1. The smallest absolute Gasteiger partial charge is 0.254 e. The number of carbonyl (C=O) groups is 1. The molecule has 0 saturated heterocycles. The zero-order valence-corrected chi connectivity index (χ0v) is 9.04. The van der Waals surface area contributed by atoms with Gasteiger partial charge in [0.15, 0.2) is 0 Å². The highest BCUT2D eigenvalue weighted by Crippen LogP contribution is 2.09. The van der Waals surface area contributed by atoms with E-state index in [1.54, 1.807) is 24.9 Å². The van der Waals surface area contributed by atoms with Gasteiger partial charge in [0.25, 0.3) is 5.91 Å². The molecule has 1 heterocycles. The van der Waals surface area contributed by atoms with Crippen molar-refractivity contribution < 1.29 is 4.79 Å². The maximum atomic E-state index is 11.7. The van der Waals surface area contributed by atoms with E-state index in [9.17, 15) is 4.79 Å². The Morgan fingerprint density at radius 2 is 2.50 bits per heavy atom. The zero-order chi connectivity index (χ0) is 10.6. The van der Waals surface area contributed by atoms with Gasteiger partial charge in [0, 0.05) is 19.0 Å². The molecule has 1 amide bonds. The summed E-state index contributed by atoms with van der Waals surface area (Å²) >= 11 is 1.50. The topological polar surface area (TPSA) is 44.1 Å². The van der Waals surface area contributed by atoms with Gasteiger partial charge in [-0.3, -0.25) is 4.79 Å². The highest BCUT2D eigenvalue weighted by atomic mass is 32.1. The number of carbonyl (C=O) groups excluding carboxylic acids is 1. The van der Waals surface area contributed by atoms with E-state index in [-0.39, 0.29) is 11.8 Å². The summed E-state index contributed by atoms with van der Waals surface area (Å²) in [6.07, 6.45) is 0. The van der Waals surface area contributed by atoms with Crippen LogP contribution in [0.15, 0.2) is 16.8 Å². The Morgan fingerprint density at radius 3 is 3.00 bits per heavy atom. The van der Waals surface area contributed by atoms with E-state index in [1.807, 2.05) is 10.8 Å². The molecule has 14 heavy (non-hydrogen) atoms. The Kier molecular flexibility index (Phi) is 3.66. The van der Waals surface area contributed by atoms with Crippen LogP contribution in [0.5, 0.6) is 0 Å². The van der Waals surface area contributed by atoms with Crippen molar-refractivity contribution in [2.45, 2.75) is 6.92 Å². The number of rotatable bonds is 3. The second kappa shape index (κ2) is 4.77. The fraction of sp³-hybridized carbons (Fsp3) is 0.400. The number of hydrogen-bond acceptors (Lipinski definition) is 3. The van der Waals surface area contributed by atoms with Crippen molar-refractivity contribution in [1.82, 2.24) is 4.90 Å². The van der Waals surface area contributed by atoms with E-state index in [4.69, 9.17) is 5.26 Å². The summed E-state index contributed by atoms with van der Waals surface area (Å²) in [6, 6.07) is 3.90. The Hall–Kier alpha value is -1.34. The van der Waals surface area contributed by atoms with Crippen molar-refractivity contribution in [3.05, 3.63) is 22.4 Å². The molecule has 0 fully saturated rings. The summed E-state index contributed by atoms with van der Waals surface area (Å²) in [7, 11) is 1.72. The Balaban J connectivity index is 2.59. The van der Waals surface area contributed by atoms with Gasteiger partial charge in [-0.25, -0.2) is 0 Å². The van der Waals surface area contributed by atoms with Crippen LogP contribution in [0.25, 0.3) is 0 Å². The fourth-order valence-corrected chi connectivity index (χ4v) is 1.77. The summed E-state index contributed by atoms with van der Waals surface area (Å²) in [5.74, 6) is -0.143. The molecule has 4 heteroatoms. The third-order valence-corrected chi connectivity index (χ3v) is 2.57. The van der Waals surface area contributed by atoms with Crippen molar-refractivity contribution in [2.24, 2.45) is 5.92 Å². The summed E-state index contributed by atoms with van der Waals surface area (Å²) in [4.78, 5) is 13.3. The van der Waals surface area contributed by atoms with Gasteiger partial charge in [-0.2, -0.15) is 16.6 Å². The molecule has 0 aliphatic carbocycles. The predicted octanol–water partition coefficient (Wildman–Crippen LogP) is 1.98. The molecular weight excluding hydrogens is 196 g/mol. The summed E-state index contributed by atoms with van der Waals surface area (Å²) in [6.45, 7) is 2.28. The van der Waals surface area contributed by atoms with E-state index in [2.05, 4.69) is 6.07 Å². The van der Waals surface area contributed by atoms with Crippen LogP contribution < -0.4 is 0 Å². The van der Waals surface area contributed by atoms with Gasteiger partial charge in [0.1, 0.15) is 0 Å². The minimum absolute atomic E-state index is 0.0200. The van der Waals surface area contributed by atoms with Gasteiger partial charge in [-0.05, 0) is 18.4 Å². The molecule has 0 aliphatic heterocycles. The molecule has 3 nitrogen and oxygen atoms in total. The quantitative estimate of drug-likeness (QED) is 0.762. The maximum absolute atomic E-state index is 11.7. The zero-order valence-electron chi connectivity index (χ0n) is 8.23. The third-order valence-electron chi connectivity index (χ3n) is 1.88. The van der Waals surface area contributed by atoms with Gasteiger partial charge in [0.05, 0.1) is 17.6 Å². The molecule has 0 spiro atoms. The van der Waals surface area contributed by atoms with Gasteiger partial charge in [0.2, 0.25) is 0 Å². The number of hydrogen-bond donors (Lipinski definition) is 0. The van der Waals surface area contributed by atoms with Crippen molar-refractivity contribution in [3.63, 3.8) is 0 Å². The van der Waals surface area contributed by atoms with Gasteiger partial charge in [-0.1, -0.05) is 0 Å². The lowest BCUT2D eigenvalue weighted by atomic mass is 10.2. The van der Waals surface area contributed by atoms with E-state index >= 15 is 0 Å². The molecule has 0 aliphatic rings. The Bertz CT molecular complexity index is 340. The number of nitriles is 1. The third kappa shape index (κ3) is 2.57. The monoisotopic (exact) mass is 208 g/mol. The van der Waals surface area contributed by atoms with Crippen molar-refractivity contribution in [1.29, 1.82) is 5.26 Å². The average Bonchev–Trinajstić information content (AvgIpc) is 2.69. The van der Waals surface area contributed by atoms with Gasteiger partial charge < -0.3 is 4.90 Å². The number of nitrogens with zero attached hydrogens (tertiary/aromatic N) is 2. The van der Waals surface area contributed by atoms with E-state index in [0.717, 1.165) is 0 Å². The SMILES string of the molecule is CC(C#N)CN(C)C(=O)c1ccsc1. The van der Waals surface area contributed by atoms with Crippen LogP contribution in [-0.4, -0.2) is 24.4 Å². The Labute approximate surface area is 87.6 Å². The van der Waals surface area contributed by atoms with Crippen LogP contribution in [0.3, 0.4) is 0 Å². The molecule has 0 aromatic carbocycles. The normalized spacial score (nSPS) is 11.8. The second-order valence-corrected chi connectivity index (χ2v) is 4.01. The minimum atomic E-state index is -0.123.